The molecule has 2 N–H and O–H groups in total. The zero-order chi connectivity index (χ0) is 19.5. The topological polar surface area (TPSA) is 99.2 Å². The zero-order valence-electron chi connectivity index (χ0n) is 14.9. The van der Waals surface area contributed by atoms with Crippen molar-refractivity contribution in [3.8, 4) is 0 Å². The van der Waals surface area contributed by atoms with Crippen molar-refractivity contribution in [1.29, 1.82) is 0 Å². The molecule has 1 saturated heterocycles. The molecule has 0 atom stereocenters. The number of ether oxygens (including phenoxy) is 1. The number of nitrogens with zero attached hydrogens (tertiary/aromatic N) is 2. The fourth-order valence-corrected chi connectivity index (χ4v) is 2.42. The van der Waals surface area contributed by atoms with Crippen LogP contribution in [-0.4, -0.2) is 64.8 Å². The number of hydrogen-bond donors (Lipinski definition) is 2. The van der Waals surface area contributed by atoms with Crippen LogP contribution in [0.1, 0.15) is 31.1 Å². The van der Waals surface area contributed by atoms with Crippen LogP contribution in [0.25, 0.3) is 0 Å². The van der Waals surface area contributed by atoms with E-state index in [-0.39, 0.29) is 24.3 Å². The number of nitrogens with one attached hydrogen (secondary N) is 1. The average molecular weight is 367 g/mol. The number of aromatic carboxylic acids is 1. The molecule has 26 heavy (non-hydrogen) atoms. The summed E-state index contributed by atoms with van der Waals surface area (Å²) in [5, 5.41) is 11.6. The molecular formula is C17H22FN3O5. The number of carboxylic acids is 1. The minimum Gasteiger partial charge on any atom is -0.478 e. The second kappa shape index (κ2) is 7.59. The molecule has 1 aromatic rings. The first-order valence-electron chi connectivity index (χ1n) is 8.13. The number of carboxylic acid groups (broad SMARTS) is 1. The molecule has 0 aromatic heterocycles. The molecule has 1 aromatic carbocycles. The summed E-state index contributed by atoms with van der Waals surface area (Å²) in [6.07, 6.45) is -0.441. The number of piperazine rings is 1. The summed E-state index contributed by atoms with van der Waals surface area (Å²) in [6.45, 7) is 6.48. The lowest BCUT2D eigenvalue weighted by Crippen LogP contribution is -2.52. The van der Waals surface area contributed by atoms with Crippen LogP contribution in [0.4, 0.5) is 19.7 Å². The number of amides is 3. The Balaban J connectivity index is 1.95. The highest BCUT2D eigenvalue weighted by Gasteiger charge is 2.28. The maximum atomic E-state index is 13.2. The third kappa shape index (κ3) is 5.08. The maximum Gasteiger partial charge on any atom is 0.410 e. The summed E-state index contributed by atoms with van der Waals surface area (Å²) < 4.78 is 18.5. The van der Waals surface area contributed by atoms with E-state index < -0.39 is 29.5 Å². The van der Waals surface area contributed by atoms with Crippen LogP contribution in [0.3, 0.4) is 0 Å². The van der Waals surface area contributed by atoms with Crippen LogP contribution in [0.15, 0.2) is 18.2 Å². The number of hydrogen-bond acceptors (Lipinski definition) is 4. The number of anilines is 1. The van der Waals surface area contributed by atoms with Crippen LogP contribution in [0.5, 0.6) is 0 Å². The molecule has 0 spiro atoms. The van der Waals surface area contributed by atoms with E-state index in [0.29, 0.717) is 13.1 Å². The van der Waals surface area contributed by atoms with Gasteiger partial charge in [-0.2, -0.15) is 0 Å². The van der Waals surface area contributed by atoms with Crippen molar-refractivity contribution in [2.24, 2.45) is 0 Å². The van der Waals surface area contributed by atoms with Gasteiger partial charge in [0.1, 0.15) is 11.4 Å². The molecule has 0 saturated carbocycles. The zero-order valence-corrected chi connectivity index (χ0v) is 14.9. The molecule has 1 heterocycles. The molecule has 142 valence electrons. The van der Waals surface area contributed by atoms with Crippen molar-refractivity contribution in [2.45, 2.75) is 26.4 Å². The molecule has 0 bridgehead atoms. The Labute approximate surface area is 150 Å². The van der Waals surface area contributed by atoms with E-state index in [2.05, 4.69) is 5.32 Å². The first kappa shape index (κ1) is 19.5. The summed E-state index contributed by atoms with van der Waals surface area (Å²) >= 11 is 0. The lowest BCUT2D eigenvalue weighted by atomic mass is 10.1. The number of urea groups is 1. The molecule has 1 fully saturated rings. The van der Waals surface area contributed by atoms with Gasteiger partial charge in [0, 0.05) is 26.2 Å². The Hall–Kier alpha value is -2.84. The van der Waals surface area contributed by atoms with Gasteiger partial charge >= 0.3 is 18.1 Å². The monoisotopic (exact) mass is 367 g/mol. The first-order chi connectivity index (χ1) is 12.1. The summed E-state index contributed by atoms with van der Waals surface area (Å²) in [5.74, 6) is -2.04. The minimum atomic E-state index is -1.34. The number of rotatable bonds is 2. The van der Waals surface area contributed by atoms with E-state index in [0.717, 1.165) is 12.1 Å². The molecule has 0 aliphatic carbocycles. The van der Waals surface area contributed by atoms with Crippen molar-refractivity contribution in [2.75, 3.05) is 31.5 Å². The fourth-order valence-electron chi connectivity index (χ4n) is 2.42. The van der Waals surface area contributed by atoms with Crippen LogP contribution in [-0.2, 0) is 4.74 Å². The molecule has 1 aliphatic heterocycles. The third-order valence-electron chi connectivity index (χ3n) is 3.67. The second-order valence-electron chi connectivity index (χ2n) is 6.88. The Kier molecular flexibility index (Phi) is 5.69. The minimum absolute atomic E-state index is 0.0125. The standard InChI is InChI=1S/C17H22FN3O5/c1-17(2,3)26-16(25)21-8-6-20(7-9-21)15(24)19-13-5-4-11(18)10-12(13)14(22)23/h4-5,10H,6-9H2,1-3H3,(H,19,24)(H,22,23). The number of halogens is 1. The molecule has 3 amide bonds. The van der Waals surface area contributed by atoms with Gasteiger partial charge in [-0.15, -0.1) is 0 Å². The van der Waals surface area contributed by atoms with Crippen LogP contribution in [0.2, 0.25) is 0 Å². The van der Waals surface area contributed by atoms with E-state index in [4.69, 9.17) is 9.84 Å². The van der Waals surface area contributed by atoms with E-state index in [1.165, 1.54) is 15.9 Å². The smallest absolute Gasteiger partial charge is 0.410 e. The number of benzene rings is 1. The van der Waals surface area contributed by atoms with Crippen molar-refractivity contribution in [1.82, 2.24) is 9.80 Å². The number of carbonyl (C=O) groups is 3. The second-order valence-corrected chi connectivity index (χ2v) is 6.88. The van der Waals surface area contributed by atoms with Gasteiger partial charge in [-0.25, -0.2) is 18.8 Å². The maximum absolute atomic E-state index is 13.2. The Bertz CT molecular complexity index is 709. The molecule has 1 aliphatic rings. The number of carbonyl (C=O) groups excluding carboxylic acids is 2. The summed E-state index contributed by atoms with van der Waals surface area (Å²) in [4.78, 5) is 38.5. The highest BCUT2D eigenvalue weighted by Crippen LogP contribution is 2.18. The van der Waals surface area contributed by atoms with Gasteiger partial charge in [-0.1, -0.05) is 0 Å². The predicted molar refractivity (Wildman–Crippen MR) is 91.8 cm³/mol. The Morgan fingerprint density at radius 3 is 2.23 bits per heavy atom. The van der Waals surface area contributed by atoms with Gasteiger partial charge in [0.2, 0.25) is 0 Å². The quantitative estimate of drug-likeness (QED) is 0.837. The SMILES string of the molecule is CC(C)(C)OC(=O)N1CCN(C(=O)Nc2ccc(F)cc2C(=O)O)CC1. The van der Waals surface area contributed by atoms with Gasteiger partial charge in [-0.3, -0.25) is 0 Å². The van der Waals surface area contributed by atoms with E-state index in [1.54, 1.807) is 20.8 Å². The lowest BCUT2D eigenvalue weighted by Gasteiger charge is -2.35. The average Bonchev–Trinajstić information content (AvgIpc) is 2.54. The van der Waals surface area contributed by atoms with Gasteiger partial charge in [0.05, 0.1) is 11.3 Å². The normalized spacial score (nSPS) is 14.8. The van der Waals surface area contributed by atoms with Gasteiger partial charge in [0.15, 0.2) is 0 Å². The Morgan fingerprint density at radius 1 is 1.12 bits per heavy atom. The third-order valence-corrected chi connectivity index (χ3v) is 3.67. The van der Waals surface area contributed by atoms with Crippen LogP contribution < -0.4 is 5.32 Å². The molecule has 9 heteroatoms. The molecule has 8 nitrogen and oxygen atoms in total. The largest absolute Gasteiger partial charge is 0.478 e. The van der Waals surface area contributed by atoms with Crippen LogP contribution in [0, 0.1) is 5.82 Å². The first-order valence-corrected chi connectivity index (χ1v) is 8.13. The summed E-state index contributed by atoms with van der Waals surface area (Å²) in [7, 11) is 0. The van der Waals surface area contributed by atoms with Crippen molar-refractivity contribution >= 4 is 23.8 Å². The Morgan fingerprint density at radius 2 is 1.69 bits per heavy atom. The summed E-state index contributed by atoms with van der Waals surface area (Å²) in [6, 6.07) is 2.61. The molecule has 0 radical (unpaired) electrons. The predicted octanol–water partition coefficient (Wildman–Crippen LogP) is 2.61. The van der Waals surface area contributed by atoms with Crippen molar-refractivity contribution in [3.63, 3.8) is 0 Å². The molecular weight excluding hydrogens is 345 g/mol. The van der Waals surface area contributed by atoms with E-state index in [1.807, 2.05) is 0 Å². The van der Waals surface area contributed by atoms with Crippen molar-refractivity contribution < 1.29 is 28.6 Å². The van der Waals surface area contributed by atoms with Gasteiger partial charge < -0.3 is 25.0 Å². The van der Waals surface area contributed by atoms with Crippen LogP contribution >= 0.6 is 0 Å². The van der Waals surface area contributed by atoms with E-state index in [9.17, 15) is 18.8 Å². The highest BCUT2D eigenvalue weighted by molar-refractivity contribution is 6.00. The summed E-state index contributed by atoms with van der Waals surface area (Å²) in [5.41, 5.74) is -0.911. The van der Waals surface area contributed by atoms with E-state index >= 15 is 0 Å². The van der Waals surface area contributed by atoms with Gasteiger partial charge in [0.25, 0.3) is 0 Å². The fraction of sp³-hybridized carbons (Fsp3) is 0.471. The van der Waals surface area contributed by atoms with Crippen molar-refractivity contribution in [3.05, 3.63) is 29.6 Å². The highest BCUT2D eigenvalue weighted by atomic mass is 19.1. The molecule has 0 unspecified atom stereocenters. The van der Waals surface area contributed by atoms with Gasteiger partial charge in [-0.05, 0) is 39.0 Å². The molecule has 2 rings (SSSR count). The lowest BCUT2D eigenvalue weighted by molar-refractivity contribution is 0.0174.